The fourth-order valence-electron chi connectivity index (χ4n) is 7.11. The number of methoxy groups -OCH3 is 1. The van der Waals surface area contributed by atoms with Crippen molar-refractivity contribution in [2.24, 2.45) is 5.73 Å². The second kappa shape index (κ2) is 16.6. The van der Waals surface area contributed by atoms with Gasteiger partial charge in [-0.1, -0.05) is 61.7 Å². The number of carbonyl (C=O) groups excluding carboxylic acids is 1. The summed E-state index contributed by atoms with van der Waals surface area (Å²) in [6, 6.07) is 24.3. The molecule has 2 fully saturated rings. The van der Waals surface area contributed by atoms with Crippen LogP contribution >= 0.6 is 0 Å². The summed E-state index contributed by atoms with van der Waals surface area (Å²) in [5.41, 5.74) is 8.97. The summed E-state index contributed by atoms with van der Waals surface area (Å²) in [6.07, 6.45) is 9.99. The third-order valence-electron chi connectivity index (χ3n) is 9.65. The number of fused-ring (bicyclic) bond motifs is 1. The molecule has 10 nitrogen and oxygen atoms in total. The first-order valence-corrected chi connectivity index (χ1v) is 17.0. The molecule has 5 N–H and O–H groups in total. The number of rotatable bonds is 11. The van der Waals surface area contributed by atoms with Gasteiger partial charge in [0.05, 0.1) is 12.7 Å². The number of nitrogens with one attached hydrogen (secondary N) is 1. The molecule has 1 unspecified atom stereocenters. The summed E-state index contributed by atoms with van der Waals surface area (Å²) >= 11 is 0. The van der Waals surface area contributed by atoms with Gasteiger partial charge in [0.25, 0.3) is 0 Å². The fraction of sp³-hybridized carbons (Fsp3) is 0.421. The van der Waals surface area contributed by atoms with E-state index < -0.39 is 18.0 Å². The number of ether oxygens (including phenoxy) is 1. The highest BCUT2D eigenvalue weighted by Gasteiger charge is 2.34. The van der Waals surface area contributed by atoms with Crippen LogP contribution in [0.1, 0.15) is 78.2 Å². The Balaban J connectivity index is 0.00000451. The molecule has 1 aliphatic heterocycles. The Bertz CT molecular complexity index is 1600. The van der Waals surface area contributed by atoms with Crippen LogP contribution in [0, 0.1) is 5.41 Å². The van der Waals surface area contributed by atoms with Crippen molar-refractivity contribution in [3.63, 3.8) is 0 Å². The lowest BCUT2D eigenvalue weighted by Gasteiger charge is -2.40. The van der Waals surface area contributed by atoms with E-state index in [1.54, 1.807) is 31.4 Å². The van der Waals surface area contributed by atoms with Gasteiger partial charge in [-0.2, -0.15) is 5.06 Å². The van der Waals surface area contributed by atoms with Gasteiger partial charge < -0.3 is 30.1 Å². The number of hydroxylamine groups is 2. The van der Waals surface area contributed by atoms with Gasteiger partial charge >= 0.3 is 5.97 Å². The molecule has 0 spiro atoms. The van der Waals surface area contributed by atoms with E-state index in [4.69, 9.17) is 25.1 Å². The maximum absolute atomic E-state index is 13.2. The Labute approximate surface area is 283 Å². The van der Waals surface area contributed by atoms with E-state index in [0.717, 1.165) is 61.0 Å². The minimum absolute atomic E-state index is 0. The number of aryl methyl sites for hydroxylation is 1. The summed E-state index contributed by atoms with van der Waals surface area (Å²) < 4.78 is 12.1. The van der Waals surface area contributed by atoms with Gasteiger partial charge in [0.15, 0.2) is 6.04 Å². The molecule has 1 saturated carbocycles. The smallest absolute Gasteiger partial charge is 0.363 e. The predicted octanol–water partition coefficient (Wildman–Crippen LogP) is 5.95. The van der Waals surface area contributed by atoms with E-state index in [9.17, 15) is 4.79 Å². The quantitative estimate of drug-likeness (QED) is 0.0875. The van der Waals surface area contributed by atoms with Gasteiger partial charge in [-0.3, -0.25) is 10.3 Å². The monoisotopic (exact) mass is 655 g/mol. The van der Waals surface area contributed by atoms with Crippen molar-refractivity contribution in [3.05, 3.63) is 101 Å². The standard InChI is InChI=1S/C38H47N5O4.H2O/c1-45-34-20-19-28(12-10-11-21-41-22-24-42(25-23-41)31-16-6-3-7-17-31)26-32(34)36(35-27-30-15-8-9-18-33(30)46-35)43(38(39)40)47-37(44)29-13-4-2-5-14-29;/h2,4-5,8-9,13-15,18-20,26-27,31,36H,3,6-7,10-12,16-17,21-25H2,1H3,(H3,39,40);1H2. The molecule has 48 heavy (non-hydrogen) atoms. The Morgan fingerprint density at radius 1 is 0.958 bits per heavy atom. The molecule has 2 aliphatic rings. The molecule has 0 amide bonds. The van der Waals surface area contributed by atoms with Gasteiger partial charge in [0.2, 0.25) is 5.96 Å². The van der Waals surface area contributed by atoms with Crippen LogP contribution in [0.25, 0.3) is 11.0 Å². The van der Waals surface area contributed by atoms with Gasteiger partial charge in [-0.15, -0.1) is 0 Å². The van der Waals surface area contributed by atoms with E-state index in [0.29, 0.717) is 28.2 Å². The fourth-order valence-corrected chi connectivity index (χ4v) is 7.11. The largest absolute Gasteiger partial charge is 0.496 e. The second-order valence-electron chi connectivity index (χ2n) is 12.7. The highest BCUT2D eigenvalue weighted by atomic mass is 16.7. The lowest BCUT2D eigenvalue weighted by Crippen LogP contribution is -2.50. The first-order valence-electron chi connectivity index (χ1n) is 17.0. The van der Waals surface area contributed by atoms with E-state index in [1.807, 2.05) is 42.5 Å². The topological polar surface area (TPSA) is 140 Å². The highest BCUT2D eigenvalue weighted by Crippen LogP contribution is 2.38. The number of carbonyl (C=O) groups is 1. The lowest BCUT2D eigenvalue weighted by atomic mass is 9.94. The minimum Gasteiger partial charge on any atom is -0.496 e. The first kappa shape index (κ1) is 34.9. The van der Waals surface area contributed by atoms with Crippen molar-refractivity contribution in [1.29, 1.82) is 5.41 Å². The van der Waals surface area contributed by atoms with Crippen molar-refractivity contribution in [1.82, 2.24) is 14.9 Å². The first-order chi connectivity index (χ1) is 23.0. The SMILES string of the molecule is COc1ccc(CCCCN2CCN(C3CCCCC3)CC2)cc1C(c1cc2ccccc2o1)N(OC(=O)c1ccccc1)C(=N)N.O. The zero-order chi connectivity index (χ0) is 32.6. The van der Waals surface area contributed by atoms with Crippen LogP contribution < -0.4 is 10.5 Å². The average Bonchev–Trinajstić information content (AvgIpc) is 3.55. The third kappa shape index (κ3) is 8.36. The van der Waals surface area contributed by atoms with E-state index in [1.165, 1.54) is 45.2 Å². The molecule has 0 radical (unpaired) electrons. The number of hydrogen-bond donors (Lipinski definition) is 2. The molecule has 3 aromatic carbocycles. The molecule has 10 heteroatoms. The van der Waals surface area contributed by atoms with Crippen molar-refractivity contribution in [2.75, 3.05) is 39.8 Å². The van der Waals surface area contributed by atoms with Gasteiger partial charge in [-0.05, 0) is 80.6 Å². The number of para-hydroxylation sites is 1. The van der Waals surface area contributed by atoms with Crippen LogP contribution in [0.5, 0.6) is 5.75 Å². The van der Waals surface area contributed by atoms with Crippen molar-refractivity contribution < 1.29 is 24.3 Å². The summed E-state index contributed by atoms with van der Waals surface area (Å²) in [5, 5.41) is 10.5. The normalized spacial score (nSPS) is 16.6. The summed E-state index contributed by atoms with van der Waals surface area (Å²) in [4.78, 5) is 24.4. The molecule has 1 aromatic heterocycles. The summed E-state index contributed by atoms with van der Waals surface area (Å²) in [6.45, 7) is 5.81. The minimum atomic E-state index is -0.858. The maximum Gasteiger partial charge on any atom is 0.363 e. The molecule has 6 rings (SSSR count). The Morgan fingerprint density at radius 3 is 2.40 bits per heavy atom. The van der Waals surface area contributed by atoms with Crippen LogP contribution in [0.2, 0.25) is 0 Å². The molecule has 2 heterocycles. The maximum atomic E-state index is 13.2. The molecular weight excluding hydrogens is 606 g/mol. The van der Waals surface area contributed by atoms with Crippen molar-refractivity contribution >= 4 is 22.9 Å². The second-order valence-corrected chi connectivity index (χ2v) is 12.7. The Hall–Kier alpha value is -4.38. The van der Waals surface area contributed by atoms with Gasteiger partial charge in [0, 0.05) is 43.2 Å². The number of furan rings is 1. The van der Waals surface area contributed by atoms with Crippen LogP contribution in [-0.2, 0) is 11.3 Å². The molecule has 1 atom stereocenters. The van der Waals surface area contributed by atoms with Gasteiger partial charge in [-0.25, -0.2) is 4.79 Å². The molecule has 1 saturated heterocycles. The van der Waals surface area contributed by atoms with Crippen molar-refractivity contribution in [3.8, 4) is 5.75 Å². The number of hydrogen-bond acceptors (Lipinski definition) is 7. The number of guanidine groups is 1. The number of benzene rings is 3. The summed E-state index contributed by atoms with van der Waals surface area (Å²) in [5.74, 6) is -0.00508. The Morgan fingerprint density at radius 2 is 1.69 bits per heavy atom. The third-order valence-corrected chi connectivity index (χ3v) is 9.65. The van der Waals surface area contributed by atoms with Crippen LogP contribution in [0.15, 0.2) is 83.3 Å². The summed E-state index contributed by atoms with van der Waals surface area (Å²) in [7, 11) is 1.61. The van der Waals surface area contributed by atoms with E-state index in [-0.39, 0.29) is 5.48 Å². The van der Waals surface area contributed by atoms with Crippen molar-refractivity contribution in [2.45, 2.75) is 63.5 Å². The van der Waals surface area contributed by atoms with Crippen LogP contribution in [-0.4, -0.2) is 78.1 Å². The number of unbranched alkanes of at least 4 members (excludes halogenated alkanes) is 1. The Kier molecular flexibility index (Phi) is 12.1. The predicted molar refractivity (Wildman–Crippen MR) is 188 cm³/mol. The molecule has 1 aliphatic carbocycles. The average molecular weight is 656 g/mol. The zero-order valence-corrected chi connectivity index (χ0v) is 27.9. The van der Waals surface area contributed by atoms with Gasteiger partial charge in [0.1, 0.15) is 17.1 Å². The highest BCUT2D eigenvalue weighted by molar-refractivity contribution is 5.90. The number of nitrogens with two attached hydrogens (primary N) is 1. The van der Waals surface area contributed by atoms with Crippen LogP contribution in [0.3, 0.4) is 0 Å². The zero-order valence-electron chi connectivity index (χ0n) is 27.9. The van der Waals surface area contributed by atoms with Crippen LogP contribution in [0.4, 0.5) is 0 Å². The lowest BCUT2D eigenvalue weighted by molar-refractivity contribution is -0.0791. The molecule has 4 aromatic rings. The number of piperazine rings is 1. The van der Waals surface area contributed by atoms with E-state index >= 15 is 0 Å². The molecule has 256 valence electrons. The molecule has 0 bridgehead atoms. The van der Waals surface area contributed by atoms with E-state index in [2.05, 4.69) is 21.9 Å². The number of nitrogens with zero attached hydrogens (tertiary/aromatic N) is 3. The molecular formula is C38H49N5O5.